The summed E-state index contributed by atoms with van der Waals surface area (Å²) in [6.07, 6.45) is 0.818. The Kier molecular flexibility index (Phi) is 4.80. The SMILES string of the molecule is NCCCOCc1cccc(C(=O)O)c1. The molecule has 0 heterocycles. The van der Waals surface area contributed by atoms with Crippen molar-refractivity contribution in [1.29, 1.82) is 0 Å². The van der Waals surface area contributed by atoms with Crippen molar-refractivity contribution >= 4 is 5.97 Å². The Labute approximate surface area is 88.7 Å². The normalized spacial score (nSPS) is 10.2. The van der Waals surface area contributed by atoms with Gasteiger partial charge in [0.25, 0.3) is 0 Å². The molecule has 3 N–H and O–H groups in total. The Morgan fingerprint density at radius 3 is 2.93 bits per heavy atom. The first-order valence-corrected chi connectivity index (χ1v) is 4.84. The summed E-state index contributed by atoms with van der Waals surface area (Å²) in [7, 11) is 0. The van der Waals surface area contributed by atoms with Crippen LogP contribution in [-0.4, -0.2) is 24.2 Å². The van der Waals surface area contributed by atoms with Crippen molar-refractivity contribution in [2.45, 2.75) is 13.0 Å². The van der Waals surface area contributed by atoms with E-state index in [9.17, 15) is 4.79 Å². The molecule has 15 heavy (non-hydrogen) atoms. The number of carbonyl (C=O) groups is 1. The van der Waals surface area contributed by atoms with Crippen LogP contribution in [0.15, 0.2) is 24.3 Å². The first-order valence-electron chi connectivity index (χ1n) is 4.84. The number of aromatic carboxylic acids is 1. The molecule has 0 unspecified atom stereocenters. The molecule has 0 aliphatic heterocycles. The maximum atomic E-state index is 10.7. The van der Waals surface area contributed by atoms with E-state index in [2.05, 4.69) is 0 Å². The highest BCUT2D eigenvalue weighted by Crippen LogP contribution is 2.06. The smallest absolute Gasteiger partial charge is 0.335 e. The van der Waals surface area contributed by atoms with Crippen molar-refractivity contribution in [3.8, 4) is 0 Å². The van der Waals surface area contributed by atoms with Gasteiger partial charge in [0.1, 0.15) is 0 Å². The Hall–Kier alpha value is -1.39. The molecule has 4 heteroatoms. The van der Waals surface area contributed by atoms with E-state index in [1.54, 1.807) is 18.2 Å². The summed E-state index contributed by atoms with van der Waals surface area (Å²) in [5.74, 6) is -0.918. The Bertz CT molecular complexity index is 325. The lowest BCUT2D eigenvalue weighted by atomic mass is 10.1. The van der Waals surface area contributed by atoms with Gasteiger partial charge in [-0.05, 0) is 30.7 Å². The van der Waals surface area contributed by atoms with Crippen LogP contribution in [0.1, 0.15) is 22.3 Å². The fourth-order valence-corrected chi connectivity index (χ4v) is 1.17. The van der Waals surface area contributed by atoms with Gasteiger partial charge in [0.05, 0.1) is 12.2 Å². The van der Waals surface area contributed by atoms with Crippen molar-refractivity contribution in [3.63, 3.8) is 0 Å². The third kappa shape index (κ3) is 4.10. The highest BCUT2D eigenvalue weighted by Gasteiger charge is 2.02. The number of rotatable bonds is 6. The summed E-state index contributed by atoms with van der Waals surface area (Å²) in [6.45, 7) is 1.64. The molecule has 0 saturated carbocycles. The van der Waals surface area contributed by atoms with Crippen LogP contribution in [0.4, 0.5) is 0 Å². The first kappa shape index (κ1) is 11.7. The molecular formula is C11H15NO3. The lowest BCUT2D eigenvalue weighted by Crippen LogP contribution is -2.04. The molecule has 82 valence electrons. The van der Waals surface area contributed by atoms with Gasteiger partial charge in [0.2, 0.25) is 0 Å². The number of benzene rings is 1. The quantitative estimate of drug-likeness (QED) is 0.691. The summed E-state index contributed by atoms with van der Waals surface area (Å²) in [6, 6.07) is 6.73. The van der Waals surface area contributed by atoms with Crippen molar-refractivity contribution < 1.29 is 14.6 Å². The van der Waals surface area contributed by atoms with Crippen LogP contribution in [0.3, 0.4) is 0 Å². The van der Waals surface area contributed by atoms with Gasteiger partial charge < -0.3 is 15.6 Å². The van der Waals surface area contributed by atoms with Crippen LogP contribution in [-0.2, 0) is 11.3 Å². The van der Waals surface area contributed by atoms with Crippen molar-refractivity contribution in [3.05, 3.63) is 35.4 Å². The van der Waals surface area contributed by atoms with Gasteiger partial charge in [-0.3, -0.25) is 0 Å². The Morgan fingerprint density at radius 1 is 1.47 bits per heavy atom. The maximum Gasteiger partial charge on any atom is 0.335 e. The fourth-order valence-electron chi connectivity index (χ4n) is 1.17. The van der Waals surface area contributed by atoms with Gasteiger partial charge in [-0.1, -0.05) is 12.1 Å². The van der Waals surface area contributed by atoms with E-state index in [1.165, 1.54) is 0 Å². The summed E-state index contributed by atoms with van der Waals surface area (Å²) < 4.78 is 5.32. The third-order valence-electron chi connectivity index (χ3n) is 1.94. The highest BCUT2D eigenvalue weighted by molar-refractivity contribution is 5.87. The molecule has 0 aromatic heterocycles. The Morgan fingerprint density at radius 2 is 2.27 bits per heavy atom. The summed E-state index contributed by atoms with van der Waals surface area (Å²) >= 11 is 0. The standard InChI is InChI=1S/C11H15NO3/c12-5-2-6-15-8-9-3-1-4-10(7-9)11(13)14/h1,3-4,7H,2,5-6,8,12H2,(H,13,14). The molecule has 4 nitrogen and oxygen atoms in total. The molecule has 0 saturated heterocycles. The zero-order valence-corrected chi connectivity index (χ0v) is 8.48. The molecule has 0 fully saturated rings. The van der Waals surface area contributed by atoms with Crippen LogP contribution < -0.4 is 5.73 Å². The maximum absolute atomic E-state index is 10.7. The van der Waals surface area contributed by atoms with E-state index in [0.29, 0.717) is 19.8 Å². The molecule has 0 spiro atoms. The number of hydrogen-bond donors (Lipinski definition) is 2. The van der Waals surface area contributed by atoms with Gasteiger partial charge in [-0.25, -0.2) is 4.79 Å². The van der Waals surface area contributed by atoms with E-state index in [4.69, 9.17) is 15.6 Å². The van der Waals surface area contributed by atoms with E-state index in [0.717, 1.165) is 12.0 Å². The molecule has 0 atom stereocenters. The van der Waals surface area contributed by atoms with Gasteiger partial charge in [0.15, 0.2) is 0 Å². The summed E-state index contributed by atoms with van der Waals surface area (Å²) in [5, 5.41) is 8.76. The van der Waals surface area contributed by atoms with E-state index < -0.39 is 5.97 Å². The molecule has 0 bridgehead atoms. The van der Waals surface area contributed by atoms with Gasteiger partial charge >= 0.3 is 5.97 Å². The lowest BCUT2D eigenvalue weighted by molar-refractivity contribution is 0.0696. The van der Waals surface area contributed by atoms with Crippen molar-refractivity contribution in [1.82, 2.24) is 0 Å². The van der Waals surface area contributed by atoms with Gasteiger partial charge in [0, 0.05) is 6.61 Å². The van der Waals surface area contributed by atoms with Crippen molar-refractivity contribution in [2.75, 3.05) is 13.2 Å². The van der Waals surface area contributed by atoms with Crippen LogP contribution in [0, 0.1) is 0 Å². The number of carboxylic acid groups (broad SMARTS) is 1. The zero-order chi connectivity index (χ0) is 11.1. The number of nitrogens with two attached hydrogens (primary N) is 1. The molecule has 1 aromatic carbocycles. The highest BCUT2D eigenvalue weighted by atomic mass is 16.5. The monoisotopic (exact) mass is 209 g/mol. The average Bonchev–Trinajstić information content (AvgIpc) is 2.25. The predicted molar refractivity (Wildman–Crippen MR) is 56.7 cm³/mol. The molecule has 1 rings (SSSR count). The first-order chi connectivity index (χ1) is 7.24. The van der Waals surface area contributed by atoms with Crippen LogP contribution in [0.5, 0.6) is 0 Å². The average molecular weight is 209 g/mol. The topological polar surface area (TPSA) is 72.5 Å². The second kappa shape index (κ2) is 6.16. The van der Waals surface area contributed by atoms with Gasteiger partial charge in [-0.15, -0.1) is 0 Å². The Balaban J connectivity index is 2.47. The zero-order valence-electron chi connectivity index (χ0n) is 8.48. The minimum Gasteiger partial charge on any atom is -0.478 e. The third-order valence-corrected chi connectivity index (χ3v) is 1.94. The van der Waals surface area contributed by atoms with Crippen LogP contribution in [0.2, 0.25) is 0 Å². The second-order valence-electron chi connectivity index (χ2n) is 3.20. The largest absolute Gasteiger partial charge is 0.478 e. The molecule has 1 aromatic rings. The van der Waals surface area contributed by atoms with Gasteiger partial charge in [-0.2, -0.15) is 0 Å². The minimum atomic E-state index is -0.918. The second-order valence-corrected chi connectivity index (χ2v) is 3.20. The number of carboxylic acids is 1. The number of ether oxygens (including phenoxy) is 1. The molecule has 0 aliphatic carbocycles. The van der Waals surface area contributed by atoms with E-state index in [-0.39, 0.29) is 5.56 Å². The molecular weight excluding hydrogens is 194 g/mol. The van der Waals surface area contributed by atoms with Crippen LogP contribution in [0.25, 0.3) is 0 Å². The summed E-state index contributed by atoms with van der Waals surface area (Å²) in [4.78, 5) is 10.7. The van der Waals surface area contributed by atoms with Crippen molar-refractivity contribution in [2.24, 2.45) is 5.73 Å². The predicted octanol–water partition coefficient (Wildman–Crippen LogP) is 1.25. The van der Waals surface area contributed by atoms with E-state index in [1.807, 2.05) is 6.07 Å². The minimum absolute atomic E-state index is 0.287. The fraction of sp³-hybridized carbons (Fsp3) is 0.364. The number of hydrogen-bond acceptors (Lipinski definition) is 3. The molecule has 0 amide bonds. The molecule has 0 aliphatic rings. The van der Waals surface area contributed by atoms with Crippen LogP contribution >= 0.6 is 0 Å². The lowest BCUT2D eigenvalue weighted by Gasteiger charge is -2.04. The van der Waals surface area contributed by atoms with E-state index >= 15 is 0 Å². The summed E-state index contributed by atoms with van der Waals surface area (Å²) in [5.41, 5.74) is 6.47. The molecule has 0 radical (unpaired) electrons.